The van der Waals surface area contributed by atoms with Crippen molar-refractivity contribution in [2.75, 3.05) is 0 Å². The van der Waals surface area contributed by atoms with Crippen molar-refractivity contribution in [1.82, 2.24) is 9.55 Å². The average Bonchev–Trinajstić information content (AvgIpc) is 2.53. The lowest BCUT2D eigenvalue weighted by atomic mass is 10.1. The van der Waals surface area contributed by atoms with Crippen LogP contribution in [0, 0.1) is 13.8 Å². The Kier molecular flexibility index (Phi) is 4.24. The van der Waals surface area contributed by atoms with E-state index in [0.717, 1.165) is 16.9 Å². The van der Waals surface area contributed by atoms with Crippen LogP contribution in [0.5, 0.6) is 5.75 Å². The lowest BCUT2D eigenvalue weighted by Gasteiger charge is -2.09. The second-order valence-electron chi connectivity index (χ2n) is 5.50. The number of hydrogen-bond donors (Lipinski definition) is 0. The summed E-state index contributed by atoms with van der Waals surface area (Å²) < 4.78 is 7.29. The third-order valence-electron chi connectivity index (χ3n) is 3.54. The minimum absolute atomic E-state index is 0.127. The summed E-state index contributed by atoms with van der Waals surface area (Å²) in [5.74, 6) is 0.568. The van der Waals surface area contributed by atoms with Gasteiger partial charge in [0.2, 0.25) is 0 Å². The Bertz CT molecular complexity index is 884. The smallest absolute Gasteiger partial charge is 0.258 e. The van der Waals surface area contributed by atoms with Crippen molar-refractivity contribution in [3.63, 3.8) is 0 Å². The molecule has 116 valence electrons. The molecule has 0 spiro atoms. The molecule has 0 saturated carbocycles. The number of pyridine rings is 2. The van der Waals surface area contributed by atoms with Crippen LogP contribution in [0.1, 0.15) is 16.8 Å². The molecular weight excluding hydrogens is 288 g/mol. The Labute approximate surface area is 135 Å². The number of rotatable bonds is 4. The second kappa shape index (κ2) is 6.48. The Morgan fingerprint density at radius 2 is 1.96 bits per heavy atom. The Morgan fingerprint density at radius 3 is 2.70 bits per heavy atom. The predicted octanol–water partition coefficient (Wildman–Crippen LogP) is 3.43. The van der Waals surface area contributed by atoms with Crippen molar-refractivity contribution < 1.29 is 4.74 Å². The molecule has 0 radical (unpaired) electrons. The first-order valence-corrected chi connectivity index (χ1v) is 7.46. The molecule has 3 rings (SSSR count). The molecule has 0 unspecified atom stereocenters. The van der Waals surface area contributed by atoms with Crippen molar-refractivity contribution in [3.8, 4) is 11.4 Å². The van der Waals surface area contributed by atoms with Crippen molar-refractivity contribution >= 4 is 0 Å². The summed E-state index contributed by atoms with van der Waals surface area (Å²) in [6.45, 7) is 4.38. The van der Waals surface area contributed by atoms with Crippen LogP contribution >= 0.6 is 0 Å². The maximum atomic E-state index is 12.3. The van der Waals surface area contributed by atoms with Crippen molar-refractivity contribution in [2.45, 2.75) is 20.5 Å². The van der Waals surface area contributed by atoms with E-state index in [1.54, 1.807) is 23.0 Å². The van der Waals surface area contributed by atoms with Gasteiger partial charge in [0, 0.05) is 24.2 Å². The first-order valence-electron chi connectivity index (χ1n) is 7.46. The Balaban J connectivity index is 1.78. The lowest BCUT2D eigenvalue weighted by Crippen LogP contribution is -2.17. The molecule has 0 saturated heterocycles. The standard InChI is InChI=1S/C19H18N2O2/c1-14-4-3-5-16(10-14)13-23-18-7-9-21(19(22)12-18)17-6-8-20-15(2)11-17/h3-12H,13H2,1-2H3. The van der Waals surface area contributed by atoms with Gasteiger partial charge in [-0.2, -0.15) is 0 Å². The van der Waals surface area contributed by atoms with Crippen LogP contribution in [0.25, 0.3) is 5.69 Å². The molecule has 0 aliphatic rings. The van der Waals surface area contributed by atoms with Gasteiger partial charge in [-0.25, -0.2) is 0 Å². The fraction of sp³-hybridized carbons (Fsp3) is 0.158. The molecule has 0 atom stereocenters. The van der Waals surface area contributed by atoms with E-state index in [-0.39, 0.29) is 5.56 Å². The van der Waals surface area contributed by atoms with Gasteiger partial charge in [0.05, 0.1) is 5.69 Å². The van der Waals surface area contributed by atoms with Gasteiger partial charge in [-0.3, -0.25) is 14.3 Å². The van der Waals surface area contributed by atoms with Crippen molar-refractivity contribution in [2.24, 2.45) is 0 Å². The SMILES string of the molecule is Cc1cccc(COc2ccn(-c3ccnc(C)c3)c(=O)c2)c1. The third-order valence-corrected chi connectivity index (χ3v) is 3.54. The highest BCUT2D eigenvalue weighted by molar-refractivity contribution is 5.34. The molecular formula is C19H18N2O2. The van der Waals surface area contributed by atoms with Gasteiger partial charge in [-0.05, 0) is 37.6 Å². The number of aromatic nitrogens is 2. The van der Waals surface area contributed by atoms with Crippen LogP contribution in [-0.4, -0.2) is 9.55 Å². The molecule has 0 N–H and O–H groups in total. The van der Waals surface area contributed by atoms with Crippen LogP contribution in [0.4, 0.5) is 0 Å². The maximum absolute atomic E-state index is 12.3. The van der Waals surface area contributed by atoms with Gasteiger partial charge in [-0.1, -0.05) is 29.8 Å². The minimum Gasteiger partial charge on any atom is -0.489 e. The maximum Gasteiger partial charge on any atom is 0.258 e. The monoisotopic (exact) mass is 306 g/mol. The predicted molar refractivity (Wildman–Crippen MR) is 90.1 cm³/mol. The van der Waals surface area contributed by atoms with Crippen molar-refractivity contribution in [1.29, 1.82) is 0 Å². The summed E-state index contributed by atoms with van der Waals surface area (Å²) in [5, 5.41) is 0. The summed E-state index contributed by atoms with van der Waals surface area (Å²) in [5.41, 5.74) is 3.81. The van der Waals surface area contributed by atoms with Gasteiger partial charge in [0.15, 0.2) is 0 Å². The largest absolute Gasteiger partial charge is 0.489 e. The number of ether oxygens (including phenoxy) is 1. The highest BCUT2D eigenvalue weighted by Gasteiger charge is 2.03. The number of hydrogen-bond acceptors (Lipinski definition) is 3. The quantitative estimate of drug-likeness (QED) is 0.742. The zero-order valence-electron chi connectivity index (χ0n) is 13.2. The van der Waals surface area contributed by atoms with E-state index < -0.39 is 0 Å². The molecule has 4 heteroatoms. The molecule has 0 bridgehead atoms. The van der Waals surface area contributed by atoms with Gasteiger partial charge in [0.25, 0.3) is 5.56 Å². The van der Waals surface area contributed by atoms with Crippen LogP contribution < -0.4 is 10.3 Å². The summed E-state index contributed by atoms with van der Waals surface area (Å²) in [6, 6.07) is 15.1. The van der Waals surface area contributed by atoms with E-state index in [1.807, 2.05) is 44.2 Å². The summed E-state index contributed by atoms with van der Waals surface area (Å²) >= 11 is 0. The molecule has 0 fully saturated rings. The molecule has 3 aromatic rings. The van der Waals surface area contributed by atoms with Gasteiger partial charge in [0.1, 0.15) is 12.4 Å². The van der Waals surface area contributed by atoms with E-state index in [2.05, 4.69) is 11.1 Å². The summed E-state index contributed by atoms with van der Waals surface area (Å²) in [6.07, 6.45) is 3.42. The molecule has 1 aromatic carbocycles. The number of benzene rings is 1. The van der Waals surface area contributed by atoms with E-state index >= 15 is 0 Å². The summed E-state index contributed by atoms with van der Waals surface area (Å²) in [7, 11) is 0. The number of nitrogens with zero attached hydrogens (tertiary/aromatic N) is 2. The number of aryl methyl sites for hydroxylation is 2. The van der Waals surface area contributed by atoms with Gasteiger partial charge in [-0.15, -0.1) is 0 Å². The zero-order chi connectivity index (χ0) is 16.2. The van der Waals surface area contributed by atoms with Crippen LogP contribution in [0.15, 0.2) is 65.7 Å². The van der Waals surface area contributed by atoms with Gasteiger partial charge >= 0.3 is 0 Å². The summed E-state index contributed by atoms with van der Waals surface area (Å²) in [4.78, 5) is 16.4. The molecule has 0 aliphatic carbocycles. The Hall–Kier alpha value is -2.88. The average molecular weight is 306 g/mol. The van der Waals surface area contributed by atoms with E-state index in [1.165, 1.54) is 11.6 Å². The Morgan fingerprint density at radius 1 is 1.09 bits per heavy atom. The first kappa shape index (κ1) is 15.0. The topological polar surface area (TPSA) is 44.1 Å². The van der Waals surface area contributed by atoms with Crippen molar-refractivity contribution in [3.05, 3.63) is 88.1 Å². The molecule has 0 aliphatic heterocycles. The fourth-order valence-corrected chi connectivity index (χ4v) is 2.41. The van der Waals surface area contributed by atoms with E-state index in [0.29, 0.717) is 12.4 Å². The third kappa shape index (κ3) is 3.66. The van der Waals surface area contributed by atoms with E-state index in [9.17, 15) is 4.79 Å². The van der Waals surface area contributed by atoms with Crippen LogP contribution in [0.3, 0.4) is 0 Å². The van der Waals surface area contributed by atoms with Crippen LogP contribution in [0.2, 0.25) is 0 Å². The highest BCUT2D eigenvalue weighted by Crippen LogP contribution is 2.13. The second-order valence-corrected chi connectivity index (χ2v) is 5.50. The molecule has 4 nitrogen and oxygen atoms in total. The highest BCUT2D eigenvalue weighted by atomic mass is 16.5. The first-order chi connectivity index (χ1) is 11.1. The molecule has 23 heavy (non-hydrogen) atoms. The normalized spacial score (nSPS) is 10.5. The van der Waals surface area contributed by atoms with Gasteiger partial charge < -0.3 is 4.74 Å². The lowest BCUT2D eigenvalue weighted by molar-refractivity contribution is 0.305. The fourth-order valence-electron chi connectivity index (χ4n) is 2.41. The molecule has 2 aromatic heterocycles. The molecule has 0 amide bonds. The van der Waals surface area contributed by atoms with Crippen LogP contribution in [-0.2, 0) is 6.61 Å². The van der Waals surface area contributed by atoms with E-state index in [4.69, 9.17) is 4.74 Å². The minimum atomic E-state index is -0.127. The zero-order valence-corrected chi connectivity index (χ0v) is 13.2. The molecule has 2 heterocycles.